The van der Waals surface area contributed by atoms with Gasteiger partial charge in [-0.3, -0.25) is 10.1 Å². The van der Waals surface area contributed by atoms with Gasteiger partial charge in [0.2, 0.25) is 5.96 Å². The van der Waals surface area contributed by atoms with Gasteiger partial charge in [0, 0.05) is 17.7 Å². The van der Waals surface area contributed by atoms with Crippen LogP contribution in [0.4, 0.5) is 13.2 Å². The Labute approximate surface area is 176 Å². The number of allylic oxidation sites excluding steroid dienone is 3. The molecule has 0 saturated heterocycles. The molecule has 2 N–H and O–H groups in total. The Bertz CT molecular complexity index is 1100. The van der Waals surface area contributed by atoms with Gasteiger partial charge < -0.3 is 10.1 Å². The predicted molar refractivity (Wildman–Crippen MR) is 108 cm³/mol. The van der Waals surface area contributed by atoms with E-state index in [2.05, 4.69) is 20.6 Å². The number of ketones is 1. The van der Waals surface area contributed by atoms with Crippen molar-refractivity contribution in [2.24, 2.45) is 9.98 Å². The summed E-state index contributed by atoms with van der Waals surface area (Å²) in [7, 11) is 0. The van der Waals surface area contributed by atoms with Gasteiger partial charge in [0.05, 0.1) is 5.56 Å². The van der Waals surface area contributed by atoms with E-state index in [9.17, 15) is 18.0 Å². The van der Waals surface area contributed by atoms with Crippen molar-refractivity contribution in [2.75, 3.05) is 0 Å². The van der Waals surface area contributed by atoms with Gasteiger partial charge in [-0.2, -0.15) is 13.2 Å². The highest BCUT2D eigenvalue weighted by atomic mass is 19.4. The second-order valence-electron chi connectivity index (χ2n) is 7.71. The van der Waals surface area contributed by atoms with E-state index in [4.69, 9.17) is 4.74 Å². The fraction of sp³-hybridized carbons (Fsp3) is 0.318. The molecule has 0 fully saturated rings. The molecule has 0 amide bonds. The largest absolute Gasteiger partial charge is 0.428 e. The first-order valence-corrected chi connectivity index (χ1v) is 10.1. The van der Waals surface area contributed by atoms with Crippen molar-refractivity contribution >= 4 is 17.8 Å². The molecule has 2 aliphatic heterocycles. The molecule has 0 aromatic heterocycles. The number of fused-ring (bicyclic) bond motifs is 1. The summed E-state index contributed by atoms with van der Waals surface area (Å²) in [4.78, 5) is 21.7. The number of carbonyl (C=O) groups is 1. The molecular formula is C22H19F3N4O2. The highest BCUT2D eigenvalue weighted by molar-refractivity contribution is 6.04. The number of Topliss-reactive ketones (excluding diaryl/α,β-unsaturated/α-hetero) is 1. The van der Waals surface area contributed by atoms with E-state index >= 15 is 0 Å². The van der Waals surface area contributed by atoms with Crippen molar-refractivity contribution in [2.45, 2.75) is 43.9 Å². The smallest absolute Gasteiger partial charge is 0.416 e. The van der Waals surface area contributed by atoms with Crippen LogP contribution >= 0.6 is 0 Å². The molecule has 2 heterocycles. The van der Waals surface area contributed by atoms with Crippen molar-refractivity contribution in [1.29, 1.82) is 0 Å². The number of carbonyl (C=O) groups excluding carboxylic acids is 1. The highest BCUT2D eigenvalue weighted by Crippen LogP contribution is 2.38. The lowest BCUT2D eigenvalue weighted by Gasteiger charge is -2.30. The average molecular weight is 428 g/mol. The molecule has 2 atom stereocenters. The maximum absolute atomic E-state index is 13.3. The molecule has 31 heavy (non-hydrogen) atoms. The van der Waals surface area contributed by atoms with E-state index in [0.717, 1.165) is 24.3 Å². The summed E-state index contributed by atoms with van der Waals surface area (Å²) >= 11 is 0. The lowest BCUT2D eigenvalue weighted by molar-refractivity contribution is -0.137. The Morgan fingerprint density at radius 2 is 2.06 bits per heavy atom. The lowest BCUT2D eigenvalue weighted by Crippen LogP contribution is -2.45. The fourth-order valence-electron chi connectivity index (χ4n) is 4.12. The van der Waals surface area contributed by atoms with Gasteiger partial charge in [-0.25, -0.2) is 9.98 Å². The molecule has 1 aromatic carbocycles. The zero-order chi connectivity index (χ0) is 21.6. The minimum atomic E-state index is -4.48. The molecule has 0 bridgehead atoms. The lowest BCUT2D eigenvalue weighted by atomic mass is 9.85. The first-order valence-electron chi connectivity index (χ1n) is 10.1. The van der Waals surface area contributed by atoms with Crippen molar-refractivity contribution in [3.05, 3.63) is 70.6 Å². The fourth-order valence-corrected chi connectivity index (χ4v) is 4.12. The monoisotopic (exact) mass is 428 g/mol. The summed E-state index contributed by atoms with van der Waals surface area (Å²) in [5.74, 6) is 0.918. The summed E-state index contributed by atoms with van der Waals surface area (Å²) in [6.07, 6.45) is 3.62. The van der Waals surface area contributed by atoms with Crippen LogP contribution in [-0.2, 0) is 15.7 Å². The number of halogens is 3. The first-order chi connectivity index (χ1) is 14.9. The number of aliphatic imine (C=N–C) groups is 2. The number of amidine groups is 1. The number of guanidine groups is 1. The van der Waals surface area contributed by atoms with E-state index in [1.54, 1.807) is 6.07 Å². The third-order valence-corrected chi connectivity index (χ3v) is 5.58. The molecule has 4 aliphatic rings. The molecule has 2 unspecified atom stereocenters. The van der Waals surface area contributed by atoms with E-state index in [-0.39, 0.29) is 17.8 Å². The number of hydrogen-bond donors (Lipinski definition) is 2. The van der Waals surface area contributed by atoms with Gasteiger partial charge in [-0.1, -0.05) is 24.3 Å². The Kier molecular flexibility index (Phi) is 4.68. The standard InChI is InChI=1S/C22H19F3N4O2/c23-22(24,25)13-6-3-5-12(11-13)19-18-15(8-4-9-16(18)30)26-20(28-19)29-21-27-14-7-1-2-10-17(14)31-21/h1-3,5-6,10-11,14,19H,4,7-9H2,(H2,26,27,28,29). The number of nitrogens with zero attached hydrogens (tertiary/aromatic N) is 2. The summed E-state index contributed by atoms with van der Waals surface area (Å²) in [5.41, 5.74) is 0.637. The quantitative estimate of drug-likeness (QED) is 0.712. The van der Waals surface area contributed by atoms with Crippen LogP contribution < -0.4 is 10.6 Å². The minimum Gasteiger partial charge on any atom is -0.428 e. The molecule has 0 spiro atoms. The normalized spacial score (nSPS) is 25.0. The van der Waals surface area contributed by atoms with Crippen LogP contribution in [0, 0.1) is 0 Å². The van der Waals surface area contributed by atoms with Crippen LogP contribution in [0.5, 0.6) is 0 Å². The Hall–Kier alpha value is -3.36. The molecule has 0 radical (unpaired) electrons. The average Bonchev–Trinajstić information content (AvgIpc) is 3.15. The summed E-state index contributed by atoms with van der Waals surface area (Å²) in [6.45, 7) is 0. The van der Waals surface area contributed by atoms with E-state index in [1.165, 1.54) is 6.07 Å². The van der Waals surface area contributed by atoms with Crippen molar-refractivity contribution < 1.29 is 22.7 Å². The molecule has 9 heteroatoms. The van der Waals surface area contributed by atoms with Gasteiger partial charge in [0.15, 0.2) is 5.78 Å². The SMILES string of the molecule is O=C1CCCC2=C1C(c1cccc(C(F)(F)F)c1)N=C(NC1=NC3CC=CC=C3O1)N2. The van der Waals surface area contributed by atoms with Crippen LogP contribution in [0.3, 0.4) is 0 Å². The van der Waals surface area contributed by atoms with Gasteiger partial charge in [0.25, 0.3) is 6.02 Å². The molecule has 0 saturated carbocycles. The number of benzene rings is 1. The van der Waals surface area contributed by atoms with Crippen molar-refractivity contribution in [3.8, 4) is 0 Å². The zero-order valence-electron chi connectivity index (χ0n) is 16.4. The predicted octanol–water partition coefficient (Wildman–Crippen LogP) is 3.90. The topological polar surface area (TPSA) is 75.1 Å². The minimum absolute atomic E-state index is 0.0954. The van der Waals surface area contributed by atoms with Gasteiger partial charge in [-0.05, 0) is 43.0 Å². The zero-order valence-corrected chi connectivity index (χ0v) is 16.4. The Morgan fingerprint density at radius 3 is 2.87 bits per heavy atom. The maximum Gasteiger partial charge on any atom is 0.416 e. The van der Waals surface area contributed by atoms with Crippen LogP contribution in [-0.4, -0.2) is 23.8 Å². The maximum atomic E-state index is 13.3. The number of nitrogens with one attached hydrogen (secondary N) is 2. The van der Waals surface area contributed by atoms with Crippen LogP contribution in [0.1, 0.15) is 42.9 Å². The summed E-state index contributed by atoms with van der Waals surface area (Å²) in [5, 5.41) is 6.12. The molecule has 5 rings (SSSR count). The summed E-state index contributed by atoms with van der Waals surface area (Å²) in [6, 6.07) is 4.30. The van der Waals surface area contributed by atoms with Gasteiger partial charge in [-0.15, -0.1) is 0 Å². The summed E-state index contributed by atoms with van der Waals surface area (Å²) < 4.78 is 45.5. The second kappa shape index (κ2) is 7.40. The molecule has 1 aromatic rings. The molecule has 6 nitrogen and oxygen atoms in total. The third-order valence-electron chi connectivity index (χ3n) is 5.58. The molecule has 2 aliphatic carbocycles. The Balaban J connectivity index is 1.48. The number of alkyl halides is 3. The highest BCUT2D eigenvalue weighted by Gasteiger charge is 2.36. The second-order valence-corrected chi connectivity index (χ2v) is 7.71. The Morgan fingerprint density at radius 1 is 1.19 bits per heavy atom. The number of hydrogen-bond acceptors (Lipinski definition) is 6. The van der Waals surface area contributed by atoms with Crippen LogP contribution in [0.15, 0.2) is 69.5 Å². The van der Waals surface area contributed by atoms with Gasteiger partial charge in [0.1, 0.15) is 17.8 Å². The molecule has 160 valence electrons. The third kappa shape index (κ3) is 3.75. The van der Waals surface area contributed by atoms with Crippen molar-refractivity contribution in [1.82, 2.24) is 10.6 Å². The number of ether oxygens (including phenoxy) is 1. The van der Waals surface area contributed by atoms with Crippen molar-refractivity contribution in [3.63, 3.8) is 0 Å². The van der Waals surface area contributed by atoms with Crippen LogP contribution in [0.2, 0.25) is 0 Å². The molecular weight excluding hydrogens is 409 g/mol. The van der Waals surface area contributed by atoms with E-state index in [0.29, 0.717) is 42.1 Å². The first kappa shape index (κ1) is 19.6. The number of rotatable bonds is 1. The van der Waals surface area contributed by atoms with Crippen LogP contribution in [0.25, 0.3) is 0 Å². The van der Waals surface area contributed by atoms with E-state index < -0.39 is 17.8 Å². The van der Waals surface area contributed by atoms with Gasteiger partial charge >= 0.3 is 6.18 Å². The van der Waals surface area contributed by atoms with E-state index in [1.807, 2.05) is 18.2 Å².